The van der Waals surface area contributed by atoms with Gasteiger partial charge in [-0.2, -0.15) is 0 Å². The Bertz CT molecular complexity index is 506. The smallest absolute Gasteiger partial charge is 0.252 e. The van der Waals surface area contributed by atoms with E-state index in [9.17, 15) is 4.79 Å². The van der Waals surface area contributed by atoms with Gasteiger partial charge in [0.05, 0.1) is 10.6 Å². The molecule has 2 unspecified atom stereocenters. The number of nitrogens with zero attached hydrogens (tertiary/aromatic N) is 2. The standard InChI is InChI=1S/C16H24ClN3O/c1-12-5-4-7-16(9-12,20(2)3)11-19-15(21)13-6-8-18-10-14(13)17/h6,8,10,12H,4-5,7,9,11H2,1-3H3,(H,19,21). The fraction of sp³-hybridized carbons (Fsp3) is 0.625. The molecule has 116 valence electrons. The molecule has 4 nitrogen and oxygen atoms in total. The molecule has 5 heteroatoms. The quantitative estimate of drug-likeness (QED) is 0.930. The molecule has 1 aromatic heterocycles. The number of nitrogens with one attached hydrogen (secondary N) is 1. The summed E-state index contributed by atoms with van der Waals surface area (Å²) >= 11 is 6.03. The molecule has 2 atom stereocenters. The van der Waals surface area contributed by atoms with Gasteiger partial charge in [0.15, 0.2) is 0 Å². The van der Waals surface area contributed by atoms with Crippen LogP contribution in [0.15, 0.2) is 18.5 Å². The summed E-state index contributed by atoms with van der Waals surface area (Å²) in [4.78, 5) is 18.5. The molecule has 0 bridgehead atoms. The molecule has 0 spiro atoms. The van der Waals surface area contributed by atoms with E-state index >= 15 is 0 Å². The molecule has 0 aromatic carbocycles. The summed E-state index contributed by atoms with van der Waals surface area (Å²) in [5, 5.41) is 3.45. The number of aromatic nitrogens is 1. The lowest BCUT2D eigenvalue weighted by Crippen LogP contribution is -2.55. The maximum Gasteiger partial charge on any atom is 0.252 e. The molecule has 1 amide bonds. The summed E-state index contributed by atoms with van der Waals surface area (Å²) in [5.41, 5.74) is 0.539. The highest BCUT2D eigenvalue weighted by molar-refractivity contribution is 6.33. The van der Waals surface area contributed by atoms with Gasteiger partial charge in [-0.1, -0.05) is 31.4 Å². The molecule has 0 aliphatic heterocycles. The highest BCUT2D eigenvalue weighted by atomic mass is 35.5. The fourth-order valence-electron chi connectivity index (χ4n) is 3.26. The monoisotopic (exact) mass is 309 g/mol. The average Bonchev–Trinajstić information content (AvgIpc) is 2.45. The van der Waals surface area contributed by atoms with E-state index in [2.05, 4.69) is 36.2 Å². The zero-order valence-corrected chi connectivity index (χ0v) is 13.8. The highest BCUT2D eigenvalue weighted by Crippen LogP contribution is 2.35. The summed E-state index contributed by atoms with van der Waals surface area (Å²) in [5.74, 6) is 0.574. The van der Waals surface area contributed by atoms with E-state index in [0.717, 1.165) is 12.8 Å². The van der Waals surface area contributed by atoms with E-state index in [0.29, 0.717) is 23.0 Å². The van der Waals surface area contributed by atoms with Crippen LogP contribution in [0.2, 0.25) is 5.02 Å². The van der Waals surface area contributed by atoms with E-state index in [-0.39, 0.29) is 11.4 Å². The zero-order valence-electron chi connectivity index (χ0n) is 13.0. The highest BCUT2D eigenvalue weighted by Gasteiger charge is 2.37. The van der Waals surface area contributed by atoms with Crippen LogP contribution in [0.5, 0.6) is 0 Å². The van der Waals surface area contributed by atoms with Gasteiger partial charge in [0, 0.05) is 24.5 Å². The second kappa shape index (κ2) is 6.75. The lowest BCUT2D eigenvalue weighted by atomic mass is 9.75. The number of carbonyl (C=O) groups excluding carboxylic acids is 1. The topological polar surface area (TPSA) is 45.2 Å². The van der Waals surface area contributed by atoms with Crippen molar-refractivity contribution in [1.29, 1.82) is 0 Å². The van der Waals surface area contributed by atoms with Gasteiger partial charge in [0.2, 0.25) is 0 Å². The number of carbonyl (C=O) groups is 1. The largest absolute Gasteiger partial charge is 0.350 e. The predicted molar refractivity (Wildman–Crippen MR) is 85.6 cm³/mol. The first-order chi connectivity index (χ1) is 9.94. The van der Waals surface area contributed by atoms with Crippen molar-refractivity contribution in [3.8, 4) is 0 Å². The number of pyridine rings is 1. The Labute approximate surface area is 131 Å². The third-order valence-electron chi connectivity index (χ3n) is 4.61. The third-order valence-corrected chi connectivity index (χ3v) is 4.91. The number of amides is 1. The van der Waals surface area contributed by atoms with Crippen molar-refractivity contribution >= 4 is 17.5 Å². The Morgan fingerprint density at radius 3 is 2.95 bits per heavy atom. The SMILES string of the molecule is CC1CCCC(CNC(=O)c2ccncc2Cl)(N(C)C)C1. The molecule has 0 radical (unpaired) electrons. The first-order valence-corrected chi connectivity index (χ1v) is 7.87. The Hall–Kier alpha value is -1.13. The molecule has 1 fully saturated rings. The molecular weight excluding hydrogens is 286 g/mol. The second-order valence-electron chi connectivity index (χ2n) is 6.36. The van der Waals surface area contributed by atoms with Gasteiger partial charge in [0.25, 0.3) is 5.91 Å². The molecule has 1 aromatic rings. The molecular formula is C16H24ClN3O. The number of hydrogen-bond donors (Lipinski definition) is 1. The Balaban J connectivity index is 2.06. The molecule has 0 saturated heterocycles. The van der Waals surface area contributed by atoms with Crippen molar-refractivity contribution in [2.45, 2.75) is 38.1 Å². The zero-order chi connectivity index (χ0) is 15.5. The van der Waals surface area contributed by atoms with Gasteiger partial charge in [0.1, 0.15) is 0 Å². The summed E-state index contributed by atoms with van der Waals surface area (Å²) in [6.07, 6.45) is 7.82. The lowest BCUT2D eigenvalue weighted by molar-refractivity contribution is 0.0675. The minimum atomic E-state index is -0.123. The van der Waals surface area contributed by atoms with Crippen LogP contribution in [-0.4, -0.2) is 42.0 Å². The van der Waals surface area contributed by atoms with Crippen molar-refractivity contribution in [2.75, 3.05) is 20.6 Å². The number of halogens is 1. The predicted octanol–water partition coefficient (Wildman–Crippen LogP) is 2.98. The number of rotatable bonds is 4. The van der Waals surface area contributed by atoms with Gasteiger partial charge >= 0.3 is 0 Å². The van der Waals surface area contributed by atoms with Crippen molar-refractivity contribution in [2.24, 2.45) is 5.92 Å². The van der Waals surface area contributed by atoms with Crippen LogP contribution >= 0.6 is 11.6 Å². The van der Waals surface area contributed by atoms with E-state index in [4.69, 9.17) is 11.6 Å². The summed E-state index contributed by atoms with van der Waals surface area (Å²) in [7, 11) is 4.20. The maximum absolute atomic E-state index is 12.3. The Morgan fingerprint density at radius 1 is 1.57 bits per heavy atom. The molecule has 1 heterocycles. The van der Waals surface area contributed by atoms with Gasteiger partial charge in [-0.15, -0.1) is 0 Å². The van der Waals surface area contributed by atoms with Crippen LogP contribution in [0.4, 0.5) is 0 Å². The molecule has 1 aliphatic carbocycles. The molecule has 1 saturated carbocycles. The van der Waals surface area contributed by atoms with Crippen LogP contribution < -0.4 is 5.32 Å². The third kappa shape index (κ3) is 3.74. The number of likely N-dealkylation sites (N-methyl/N-ethyl adjacent to an activating group) is 1. The summed E-state index contributed by atoms with van der Waals surface area (Å²) < 4.78 is 0. The first kappa shape index (κ1) is 16.2. The lowest BCUT2D eigenvalue weighted by Gasteiger charge is -2.45. The molecule has 1 aliphatic rings. The van der Waals surface area contributed by atoms with E-state index < -0.39 is 0 Å². The van der Waals surface area contributed by atoms with Crippen molar-refractivity contribution in [1.82, 2.24) is 15.2 Å². The molecule has 1 N–H and O–H groups in total. The normalized spacial score (nSPS) is 25.9. The van der Waals surface area contributed by atoms with E-state index in [1.165, 1.54) is 19.0 Å². The second-order valence-corrected chi connectivity index (χ2v) is 6.77. The fourth-order valence-corrected chi connectivity index (χ4v) is 3.46. The van der Waals surface area contributed by atoms with E-state index in [1.807, 2.05) is 0 Å². The van der Waals surface area contributed by atoms with Crippen molar-refractivity contribution in [3.63, 3.8) is 0 Å². The maximum atomic E-state index is 12.3. The first-order valence-electron chi connectivity index (χ1n) is 7.50. The molecule has 2 rings (SSSR count). The van der Waals surface area contributed by atoms with Gasteiger partial charge < -0.3 is 10.2 Å². The Kier molecular flexibility index (Phi) is 5.22. The Morgan fingerprint density at radius 2 is 2.33 bits per heavy atom. The van der Waals surface area contributed by atoms with E-state index in [1.54, 1.807) is 12.3 Å². The van der Waals surface area contributed by atoms with Crippen LogP contribution in [-0.2, 0) is 0 Å². The van der Waals surface area contributed by atoms with Crippen LogP contribution in [0.25, 0.3) is 0 Å². The van der Waals surface area contributed by atoms with Gasteiger partial charge in [-0.05, 0) is 38.9 Å². The minimum Gasteiger partial charge on any atom is -0.350 e. The average molecular weight is 310 g/mol. The summed E-state index contributed by atoms with van der Waals surface area (Å²) in [6, 6.07) is 1.66. The van der Waals surface area contributed by atoms with Gasteiger partial charge in [-0.3, -0.25) is 9.78 Å². The van der Waals surface area contributed by atoms with Gasteiger partial charge in [-0.25, -0.2) is 0 Å². The summed E-state index contributed by atoms with van der Waals surface area (Å²) in [6.45, 7) is 2.95. The molecule has 21 heavy (non-hydrogen) atoms. The minimum absolute atomic E-state index is 0.0484. The van der Waals surface area contributed by atoms with Crippen LogP contribution in [0.3, 0.4) is 0 Å². The van der Waals surface area contributed by atoms with Crippen LogP contribution in [0, 0.1) is 5.92 Å². The van der Waals surface area contributed by atoms with Crippen LogP contribution in [0.1, 0.15) is 43.0 Å². The van der Waals surface area contributed by atoms with Crippen molar-refractivity contribution in [3.05, 3.63) is 29.0 Å². The number of hydrogen-bond acceptors (Lipinski definition) is 3. The van der Waals surface area contributed by atoms with Crippen molar-refractivity contribution < 1.29 is 4.79 Å².